The average molecular weight is 254 g/mol. The van der Waals surface area contributed by atoms with Crippen LogP contribution in [0.15, 0.2) is 48.7 Å². The number of para-hydroxylation sites is 1. The highest BCUT2D eigenvalue weighted by Gasteiger charge is 2.05. The second kappa shape index (κ2) is 4.76. The predicted octanol–water partition coefficient (Wildman–Crippen LogP) is 4.23. The minimum Gasteiger partial charge on any atom is -0.381 e. The first-order valence-electron chi connectivity index (χ1n) is 6.29. The Hall–Kier alpha value is -2.29. The van der Waals surface area contributed by atoms with Gasteiger partial charge in [0.25, 0.3) is 0 Å². The van der Waals surface area contributed by atoms with Crippen molar-refractivity contribution in [2.45, 2.75) is 13.5 Å². The monoisotopic (exact) mass is 254 g/mol. The SMILES string of the molecule is Cc1c(F)cccc1NCc1cccc2cc[nH]c12. The van der Waals surface area contributed by atoms with Gasteiger partial charge >= 0.3 is 0 Å². The van der Waals surface area contributed by atoms with Gasteiger partial charge in [-0.3, -0.25) is 0 Å². The Morgan fingerprint density at radius 2 is 1.95 bits per heavy atom. The molecule has 0 fully saturated rings. The van der Waals surface area contributed by atoms with Gasteiger partial charge in [0.2, 0.25) is 0 Å². The van der Waals surface area contributed by atoms with Crippen LogP contribution in [0.25, 0.3) is 10.9 Å². The van der Waals surface area contributed by atoms with E-state index in [4.69, 9.17) is 0 Å². The van der Waals surface area contributed by atoms with E-state index in [-0.39, 0.29) is 5.82 Å². The maximum Gasteiger partial charge on any atom is 0.128 e. The molecule has 2 N–H and O–H groups in total. The maximum absolute atomic E-state index is 13.5. The van der Waals surface area contributed by atoms with Crippen LogP contribution in [0.1, 0.15) is 11.1 Å². The number of aromatic nitrogens is 1. The Bertz CT molecular complexity index is 716. The second-order valence-corrected chi connectivity index (χ2v) is 4.62. The zero-order valence-corrected chi connectivity index (χ0v) is 10.7. The van der Waals surface area contributed by atoms with Crippen molar-refractivity contribution in [1.82, 2.24) is 4.98 Å². The molecule has 0 amide bonds. The molecule has 0 aliphatic heterocycles. The molecule has 19 heavy (non-hydrogen) atoms. The van der Waals surface area contributed by atoms with E-state index in [9.17, 15) is 4.39 Å². The molecule has 1 heterocycles. The molecule has 0 bridgehead atoms. The van der Waals surface area contributed by atoms with Crippen molar-refractivity contribution < 1.29 is 4.39 Å². The number of fused-ring (bicyclic) bond motifs is 1. The second-order valence-electron chi connectivity index (χ2n) is 4.62. The fourth-order valence-electron chi connectivity index (χ4n) is 2.29. The third-order valence-corrected chi connectivity index (χ3v) is 3.41. The zero-order valence-electron chi connectivity index (χ0n) is 10.7. The van der Waals surface area contributed by atoms with Gasteiger partial charge in [0.05, 0.1) is 5.52 Å². The summed E-state index contributed by atoms with van der Waals surface area (Å²) in [5, 5.41) is 4.48. The van der Waals surface area contributed by atoms with Crippen molar-refractivity contribution in [3.8, 4) is 0 Å². The van der Waals surface area contributed by atoms with E-state index in [1.807, 2.05) is 24.4 Å². The highest BCUT2D eigenvalue weighted by atomic mass is 19.1. The molecule has 3 aromatic rings. The standard InChI is InChI=1S/C16H15FN2/c1-11-14(17)6-3-7-15(11)19-10-13-5-2-4-12-8-9-18-16(12)13/h2-9,18-19H,10H2,1H3. The van der Waals surface area contributed by atoms with Crippen LogP contribution < -0.4 is 5.32 Å². The molecule has 0 aliphatic carbocycles. The first-order chi connectivity index (χ1) is 9.25. The first kappa shape index (κ1) is 11.8. The number of halogens is 1. The molecule has 96 valence electrons. The van der Waals surface area contributed by atoms with E-state index < -0.39 is 0 Å². The molecule has 0 saturated heterocycles. The molecule has 3 heteroatoms. The largest absolute Gasteiger partial charge is 0.381 e. The lowest BCUT2D eigenvalue weighted by atomic mass is 10.1. The number of hydrogen-bond acceptors (Lipinski definition) is 1. The van der Waals surface area contributed by atoms with Crippen molar-refractivity contribution in [3.63, 3.8) is 0 Å². The van der Waals surface area contributed by atoms with Gasteiger partial charge in [0, 0.05) is 24.0 Å². The smallest absolute Gasteiger partial charge is 0.128 e. The molecule has 3 rings (SSSR count). The minimum absolute atomic E-state index is 0.178. The number of benzene rings is 2. The zero-order chi connectivity index (χ0) is 13.2. The van der Waals surface area contributed by atoms with E-state index in [1.165, 1.54) is 17.0 Å². The summed E-state index contributed by atoms with van der Waals surface area (Å²) in [5.74, 6) is -0.178. The molecule has 2 nitrogen and oxygen atoms in total. The van der Waals surface area contributed by atoms with Crippen molar-refractivity contribution in [2.75, 3.05) is 5.32 Å². The summed E-state index contributed by atoms with van der Waals surface area (Å²) >= 11 is 0. The Morgan fingerprint density at radius 1 is 1.11 bits per heavy atom. The van der Waals surface area contributed by atoms with Crippen LogP contribution in [-0.2, 0) is 6.54 Å². The minimum atomic E-state index is -0.178. The van der Waals surface area contributed by atoms with E-state index >= 15 is 0 Å². The van der Waals surface area contributed by atoms with Crippen molar-refractivity contribution in [2.24, 2.45) is 0 Å². The average Bonchev–Trinajstić information content (AvgIpc) is 2.89. The molecule has 1 aromatic heterocycles. The maximum atomic E-state index is 13.5. The lowest BCUT2D eigenvalue weighted by molar-refractivity contribution is 0.619. The fourth-order valence-corrected chi connectivity index (χ4v) is 2.29. The number of rotatable bonds is 3. The number of aromatic amines is 1. The van der Waals surface area contributed by atoms with Crippen LogP contribution in [0.3, 0.4) is 0 Å². The normalized spacial score (nSPS) is 10.8. The molecular weight excluding hydrogens is 239 g/mol. The first-order valence-corrected chi connectivity index (χ1v) is 6.29. The molecule has 2 aromatic carbocycles. The summed E-state index contributed by atoms with van der Waals surface area (Å²) < 4.78 is 13.5. The van der Waals surface area contributed by atoms with Gasteiger partial charge in [-0.05, 0) is 36.1 Å². The summed E-state index contributed by atoms with van der Waals surface area (Å²) in [6.45, 7) is 2.45. The van der Waals surface area contributed by atoms with Crippen LogP contribution in [0.2, 0.25) is 0 Å². The number of H-pyrrole nitrogens is 1. The van der Waals surface area contributed by atoms with Gasteiger partial charge < -0.3 is 10.3 Å². The van der Waals surface area contributed by atoms with Crippen LogP contribution in [0.5, 0.6) is 0 Å². The van der Waals surface area contributed by atoms with Gasteiger partial charge in [0.15, 0.2) is 0 Å². The van der Waals surface area contributed by atoms with Gasteiger partial charge in [-0.25, -0.2) is 4.39 Å². The van der Waals surface area contributed by atoms with E-state index in [0.717, 1.165) is 11.2 Å². The summed E-state index contributed by atoms with van der Waals surface area (Å²) in [4.78, 5) is 3.24. The topological polar surface area (TPSA) is 27.8 Å². The quantitative estimate of drug-likeness (QED) is 0.719. The Kier molecular flexibility index (Phi) is 2.95. The Morgan fingerprint density at radius 3 is 2.84 bits per heavy atom. The molecule has 0 unspecified atom stereocenters. The van der Waals surface area contributed by atoms with Crippen LogP contribution in [0, 0.1) is 12.7 Å². The lowest BCUT2D eigenvalue weighted by Gasteiger charge is -2.10. The third-order valence-electron chi connectivity index (χ3n) is 3.41. The molecule has 0 aliphatic rings. The van der Waals surface area contributed by atoms with Crippen molar-refractivity contribution in [3.05, 3.63) is 65.6 Å². The summed E-state index contributed by atoms with van der Waals surface area (Å²) in [5.41, 5.74) is 3.79. The van der Waals surface area contributed by atoms with Crippen molar-refractivity contribution in [1.29, 1.82) is 0 Å². The van der Waals surface area contributed by atoms with Crippen LogP contribution >= 0.6 is 0 Å². The molecular formula is C16H15FN2. The van der Waals surface area contributed by atoms with E-state index in [2.05, 4.69) is 22.4 Å². The number of anilines is 1. The summed E-state index contributed by atoms with van der Waals surface area (Å²) in [6, 6.07) is 13.3. The van der Waals surface area contributed by atoms with Gasteiger partial charge in [-0.2, -0.15) is 0 Å². The highest BCUT2D eigenvalue weighted by Crippen LogP contribution is 2.21. The Balaban J connectivity index is 1.86. The summed E-state index contributed by atoms with van der Waals surface area (Å²) in [6.07, 6.45) is 1.93. The van der Waals surface area contributed by atoms with Gasteiger partial charge in [0.1, 0.15) is 5.82 Å². The number of nitrogens with one attached hydrogen (secondary N) is 2. The van der Waals surface area contributed by atoms with Crippen LogP contribution in [-0.4, -0.2) is 4.98 Å². The lowest BCUT2D eigenvalue weighted by Crippen LogP contribution is -2.02. The van der Waals surface area contributed by atoms with Gasteiger partial charge in [-0.1, -0.05) is 24.3 Å². The Labute approximate surface area is 111 Å². The third kappa shape index (κ3) is 2.19. The van der Waals surface area contributed by atoms with E-state index in [0.29, 0.717) is 12.1 Å². The number of hydrogen-bond donors (Lipinski definition) is 2. The van der Waals surface area contributed by atoms with E-state index in [1.54, 1.807) is 13.0 Å². The predicted molar refractivity (Wildman–Crippen MR) is 76.8 cm³/mol. The molecule has 0 atom stereocenters. The highest BCUT2D eigenvalue weighted by molar-refractivity contribution is 5.82. The van der Waals surface area contributed by atoms with Gasteiger partial charge in [-0.15, -0.1) is 0 Å². The van der Waals surface area contributed by atoms with Crippen LogP contribution in [0.4, 0.5) is 10.1 Å². The molecule has 0 saturated carbocycles. The van der Waals surface area contributed by atoms with Crippen molar-refractivity contribution >= 4 is 16.6 Å². The summed E-state index contributed by atoms with van der Waals surface area (Å²) in [7, 11) is 0. The fraction of sp³-hybridized carbons (Fsp3) is 0.125. The molecule has 0 radical (unpaired) electrons. The molecule has 0 spiro atoms.